The molecule has 0 radical (unpaired) electrons. The number of nitrogens with zero attached hydrogens (tertiary/aromatic N) is 1. The van der Waals surface area contributed by atoms with Crippen LogP contribution in [0.3, 0.4) is 0 Å². The van der Waals surface area contributed by atoms with E-state index in [2.05, 4.69) is 28.1 Å². The second-order valence-corrected chi connectivity index (χ2v) is 12.1. The van der Waals surface area contributed by atoms with Gasteiger partial charge in [-0.15, -0.1) is 0 Å². The molecular weight excluding hydrogens is 468 g/mol. The molecule has 8 nitrogen and oxygen atoms in total. The lowest BCUT2D eigenvalue weighted by atomic mass is 9.79. The minimum absolute atomic E-state index is 0.0649. The van der Waals surface area contributed by atoms with Gasteiger partial charge >= 0.3 is 0 Å². The standard InChI is InChI=1S/C29H42N4O4/c1-17(30-4)26(34)32-24-20-13-7-8-15-22(20)37-23-16-29(2,3)25(33(23)28(24)36)27(35)31-21-14-9-11-18-10-5-6-12-19(18)21/h5-6,10,12,17,20-25,30H,7-9,11,13-16H2,1-4H3,(H,31,35)(H,32,34)/t17-,20?,21+,22?,23?,24-,25?/m0/s1. The van der Waals surface area contributed by atoms with E-state index in [9.17, 15) is 14.4 Å². The molecule has 8 heteroatoms. The van der Waals surface area contributed by atoms with Crippen molar-refractivity contribution in [1.29, 1.82) is 0 Å². The molecule has 2 aliphatic heterocycles. The maximum atomic E-state index is 14.3. The summed E-state index contributed by atoms with van der Waals surface area (Å²) in [7, 11) is 1.73. The maximum absolute atomic E-state index is 14.3. The van der Waals surface area contributed by atoms with Gasteiger partial charge in [0, 0.05) is 12.3 Å². The van der Waals surface area contributed by atoms with Gasteiger partial charge in [-0.2, -0.15) is 0 Å². The van der Waals surface area contributed by atoms with E-state index in [1.807, 2.05) is 26.0 Å². The van der Waals surface area contributed by atoms with Gasteiger partial charge in [0.2, 0.25) is 17.7 Å². The molecule has 4 unspecified atom stereocenters. The highest BCUT2D eigenvalue weighted by Crippen LogP contribution is 2.46. The van der Waals surface area contributed by atoms with Crippen LogP contribution in [0.25, 0.3) is 0 Å². The number of hydrogen-bond acceptors (Lipinski definition) is 5. The fourth-order valence-corrected chi connectivity index (χ4v) is 7.02. The highest BCUT2D eigenvalue weighted by atomic mass is 16.5. The van der Waals surface area contributed by atoms with Crippen molar-refractivity contribution in [2.45, 2.75) is 109 Å². The Morgan fingerprint density at radius 2 is 1.84 bits per heavy atom. The van der Waals surface area contributed by atoms with Crippen LogP contribution >= 0.6 is 0 Å². The number of benzene rings is 1. The Balaban J connectivity index is 1.44. The molecule has 1 saturated carbocycles. The first-order valence-corrected chi connectivity index (χ1v) is 14.0. The van der Waals surface area contributed by atoms with Gasteiger partial charge in [0.05, 0.1) is 18.2 Å². The van der Waals surface area contributed by atoms with Crippen LogP contribution in [0.15, 0.2) is 24.3 Å². The van der Waals surface area contributed by atoms with E-state index in [0.717, 1.165) is 44.9 Å². The van der Waals surface area contributed by atoms with Crippen LogP contribution in [0.5, 0.6) is 0 Å². The third-order valence-corrected chi connectivity index (χ3v) is 9.12. The number of carbonyl (C=O) groups is 3. The molecule has 1 aromatic rings. The number of carbonyl (C=O) groups excluding carboxylic acids is 3. The largest absolute Gasteiger partial charge is 0.355 e. The molecule has 2 aliphatic carbocycles. The van der Waals surface area contributed by atoms with E-state index in [4.69, 9.17) is 4.74 Å². The number of likely N-dealkylation sites (N-methyl/N-ethyl adjacent to an activating group) is 1. The van der Waals surface area contributed by atoms with Crippen LogP contribution in [0.4, 0.5) is 0 Å². The van der Waals surface area contributed by atoms with Gasteiger partial charge in [0.1, 0.15) is 18.3 Å². The zero-order valence-corrected chi connectivity index (χ0v) is 22.6. The summed E-state index contributed by atoms with van der Waals surface area (Å²) in [5.41, 5.74) is 1.99. The van der Waals surface area contributed by atoms with Crippen LogP contribution in [0, 0.1) is 11.3 Å². The molecule has 1 aromatic carbocycles. The van der Waals surface area contributed by atoms with Crippen LogP contribution < -0.4 is 16.0 Å². The first-order chi connectivity index (χ1) is 17.7. The van der Waals surface area contributed by atoms with E-state index in [1.165, 1.54) is 11.1 Å². The number of hydrogen-bond donors (Lipinski definition) is 3. The molecule has 0 spiro atoms. The lowest BCUT2D eigenvalue weighted by Crippen LogP contribution is -2.60. The smallest absolute Gasteiger partial charge is 0.248 e. The zero-order valence-electron chi connectivity index (χ0n) is 22.6. The molecule has 2 saturated heterocycles. The highest BCUT2D eigenvalue weighted by Gasteiger charge is 2.58. The Morgan fingerprint density at radius 1 is 1.08 bits per heavy atom. The Labute approximate surface area is 220 Å². The summed E-state index contributed by atoms with van der Waals surface area (Å²) in [5, 5.41) is 9.32. The molecule has 0 bridgehead atoms. The van der Waals surface area contributed by atoms with E-state index in [1.54, 1.807) is 18.9 Å². The van der Waals surface area contributed by atoms with Crippen molar-refractivity contribution >= 4 is 17.7 Å². The minimum Gasteiger partial charge on any atom is -0.355 e. The molecule has 2 heterocycles. The second kappa shape index (κ2) is 10.4. The van der Waals surface area contributed by atoms with Gasteiger partial charge in [-0.05, 0) is 62.6 Å². The van der Waals surface area contributed by atoms with E-state index in [-0.39, 0.29) is 35.8 Å². The van der Waals surface area contributed by atoms with Crippen molar-refractivity contribution in [2.75, 3.05) is 7.05 Å². The molecule has 3 fully saturated rings. The molecule has 5 rings (SSSR count). The van der Waals surface area contributed by atoms with E-state index >= 15 is 0 Å². The Hall–Kier alpha value is -2.45. The molecule has 37 heavy (non-hydrogen) atoms. The predicted octanol–water partition coefficient (Wildman–Crippen LogP) is 2.82. The molecular formula is C29H42N4O4. The second-order valence-electron chi connectivity index (χ2n) is 12.1. The SMILES string of the molecule is CN[C@@H](C)C(=O)N[C@@H]1C(=O)N2C(CC(C)(C)C2C(=O)N[C@@H]2CCCc3ccccc32)OC2CCCCC21. The lowest BCUT2D eigenvalue weighted by molar-refractivity contribution is -0.152. The van der Waals surface area contributed by atoms with Gasteiger partial charge in [-0.1, -0.05) is 51.0 Å². The molecule has 7 atom stereocenters. The molecule has 202 valence electrons. The molecule has 3 N–H and O–H groups in total. The summed E-state index contributed by atoms with van der Waals surface area (Å²) in [4.78, 5) is 42.8. The van der Waals surface area contributed by atoms with E-state index in [0.29, 0.717) is 6.42 Å². The van der Waals surface area contributed by atoms with Gasteiger partial charge in [-0.3, -0.25) is 14.4 Å². The maximum Gasteiger partial charge on any atom is 0.248 e. The third kappa shape index (κ3) is 4.90. The van der Waals surface area contributed by atoms with Gasteiger partial charge < -0.3 is 25.6 Å². The number of aryl methyl sites for hydroxylation is 1. The van der Waals surface area contributed by atoms with Crippen LogP contribution in [-0.2, 0) is 25.5 Å². The Bertz CT molecular complexity index is 1040. The topological polar surface area (TPSA) is 99.8 Å². The number of ether oxygens (including phenoxy) is 1. The van der Waals surface area contributed by atoms with Crippen molar-refractivity contribution in [3.63, 3.8) is 0 Å². The third-order valence-electron chi connectivity index (χ3n) is 9.12. The summed E-state index contributed by atoms with van der Waals surface area (Å²) in [6, 6.07) is 6.45. The zero-order chi connectivity index (χ0) is 26.3. The average Bonchev–Trinajstić information content (AvgIpc) is 3.10. The molecule has 0 aromatic heterocycles. The normalized spacial score (nSPS) is 33.4. The van der Waals surface area contributed by atoms with Crippen LogP contribution in [-0.4, -0.2) is 60.1 Å². The molecule has 3 amide bonds. The first-order valence-electron chi connectivity index (χ1n) is 14.0. The van der Waals surface area contributed by atoms with Crippen molar-refractivity contribution in [1.82, 2.24) is 20.9 Å². The number of amides is 3. The average molecular weight is 511 g/mol. The van der Waals surface area contributed by atoms with Crippen molar-refractivity contribution < 1.29 is 19.1 Å². The summed E-state index contributed by atoms with van der Waals surface area (Å²) >= 11 is 0. The van der Waals surface area contributed by atoms with Crippen molar-refractivity contribution in [2.24, 2.45) is 11.3 Å². The fraction of sp³-hybridized carbons (Fsp3) is 0.690. The Kier molecular flexibility index (Phi) is 7.33. The van der Waals surface area contributed by atoms with Gasteiger partial charge in [0.15, 0.2) is 0 Å². The summed E-state index contributed by atoms with van der Waals surface area (Å²) < 4.78 is 6.63. The summed E-state index contributed by atoms with van der Waals surface area (Å²) in [6.45, 7) is 5.88. The molecule has 4 aliphatic rings. The van der Waals surface area contributed by atoms with Crippen LogP contribution in [0.1, 0.15) is 82.9 Å². The number of fused-ring (bicyclic) bond motifs is 3. The van der Waals surface area contributed by atoms with Gasteiger partial charge in [-0.25, -0.2) is 0 Å². The predicted molar refractivity (Wildman–Crippen MR) is 140 cm³/mol. The van der Waals surface area contributed by atoms with Crippen molar-refractivity contribution in [3.8, 4) is 0 Å². The number of rotatable bonds is 5. The van der Waals surface area contributed by atoms with Crippen molar-refractivity contribution in [3.05, 3.63) is 35.4 Å². The Morgan fingerprint density at radius 3 is 2.62 bits per heavy atom. The van der Waals surface area contributed by atoms with Crippen LogP contribution in [0.2, 0.25) is 0 Å². The summed E-state index contributed by atoms with van der Waals surface area (Å²) in [5.74, 6) is -0.616. The number of nitrogens with one attached hydrogen (secondary N) is 3. The quantitative estimate of drug-likeness (QED) is 0.566. The highest BCUT2D eigenvalue weighted by molar-refractivity contribution is 5.94. The van der Waals surface area contributed by atoms with Gasteiger partial charge in [0.25, 0.3) is 0 Å². The first kappa shape index (κ1) is 26.2. The van der Waals surface area contributed by atoms with E-state index < -0.39 is 29.8 Å². The summed E-state index contributed by atoms with van der Waals surface area (Å²) in [6.07, 6.45) is 6.69. The monoisotopic (exact) mass is 510 g/mol. The minimum atomic E-state index is -0.696. The fourth-order valence-electron chi connectivity index (χ4n) is 7.02. The lowest BCUT2D eigenvalue weighted by Gasteiger charge is -2.37.